The van der Waals surface area contributed by atoms with E-state index in [-0.39, 0.29) is 5.88 Å². The SMILES string of the molecule is COc1cc(F)c(C(F)(F)F)cn1. The average molecular weight is 195 g/mol. The van der Waals surface area contributed by atoms with E-state index in [1.165, 1.54) is 7.11 Å². The van der Waals surface area contributed by atoms with Crippen LogP contribution in [0, 0.1) is 5.82 Å². The van der Waals surface area contributed by atoms with Crippen molar-refractivity contribution in [3.63, 3.8) is 0 Å². The van der Waals surface area contributed by atoms with Gasteiger partial charge in [0.25, 0.3) is 0 Å². The Morgan fingerprint density at radius 1 is 1.38 bits per heavy atom. The van der Waals surface area contributed by atoms with Crippen molar-refractivity contribution >= 4 is 0 Å². The molecule has 0 amide bonds. The minimum atomic E-state index is -4.72. The van der Waals surface area contributed by atoms with Crippen LogP contribution in [0.5, 0.6) is 5.88 Å². The van der Waals surface area contributed by atoms with Crippen molar-refractivity contribution in [2.75, 3.05) is 7.11 Å². The first kappa shape index (κ1) is 9.76. The van der Waals surface area contributed by atoms with Gasteiger partial charge in [-0.3, -0.25) is 0 Å². The van der Waals surface area contributed by atoms with Gasteiger partial charge in [0.15, 0.2) is 0 Å². The average Bonchev–Trinajstić information content (AvgIpc) is 2.01. The summed E-state index contributed by atoms with van der Waals surface area (Å²) < 4.78 is 53.0. The molecule has 0 aliphatic carbocycles. The normalized spacial score (nSPS) is 11.5. The molecule has 0 radical (unpaired) electrons. The Kier molecular flexibility index (Phi) is 2.40. The topological polar surface area (TPSA) is 22.1 Å². The van der Waals surface area contributed by atoms with Crippen molar-refractivity contribution in [3.8, 4) is 5.88 Å². The number of nitrogens with zero attached hydrogens (tertiary/aromatic N) is 1. The van der Waals surface area contributed by atoms with Gasteiger partial charge in [0.2, 0.25) is 5.88 Å². The molecule has 0 aliphatic heterocycles. The molecule has 2 nitrogen and oxygen atoms in total. The summed E-state index contributed by atoms with van der Waals surface area (Å²) in [5.74, 6) is -1.58. The fraction of sp³-hybridized carbons (Fsp3) is 0.286. The fourth-order valence-corrected chi connectivity index (χ4v) is 0.733. The van der Waals surface area contributed by atoms with Gasteiger partial charge >= 0.3 is 6.18 Å². The van der Waals surface area contributed by atoms with Gasteiger partial charge < -0.3 is 4.74 Å². The van der Waals surface area contributed by atoms with Crippen molar-refractivity contribution in [1.82, 2.24) is 4.98 Å². The van der Waals surface area contributed by atoms with Crippen LogP contribution < -0.4 is 4.74 Å². The highest BCUT2D eigenvalue weighted by atomic mass is 19.4. The minimum Gasteiger partial charge on any atom is -0.481 e. The maximum atomic E-state index is 12.7. The van der Waals surface area contributed by atoms with Crippen molar-refractivity contribution in [2.24, 2.45) is 0 Å². The zero-order valence-corrected chi connectivity index (χ0v) is 6.52. The second-order valence-electron chi connectivity index (χ2n) is 2.20. The third-order valence-electron chi connectivity index (χ3n) is 1.34. The molecule has 0 saturated heterocycles. The van der Waals surface area contributed by atoms with Crippen LogP contribution in [-0.2, 0) is 6.18 Å². The van der Waals surface area contributed by atoms with E-state index in [1.807, 2.05) is 0 Å². The Hall–Kier alpha value is -1.33. The molecule has 0 aromatic carbocycles. The van der Waals surface area contributed by atoms with Gasteiger partial charge in [-0.2, -0.15) is 13.2 Å². The molecular formula is C7H5F4NO. The van der Waals surface area contributed by atoms with Crippen molar-refractivity contribution in [2.45, 2.75) is 6.18 Å². The quantitative estimate of drug-likeness (QED) is 0.641. The first-order valence-electron chi connectivity index (χ1n) is 3.22. The van der Waals surface area contributed by atoms with Crippen LogP contribution in [0.15, 0.2) is 12.3 Å². The molecule has 6 heteroatoms. The molecule has 1 aromatic rings. The molecular weight excluding hydrogens is 190 g/mol. The number of halogens is 4. The Morgan fingerprint density at radius 3 is 2.38 bits per heavy atom. The first-order valence-corrected chi connectivity index (χ1v) is 3.22. The lowest BCUT2D eigenvalue weighted by Crippen LogP contribution is -2.08. The largest absolute Gasteiger partial charge is 0.481 e. The molecule has 13 heavy (non-hydrogen) atoms. The Bertz CT molecular complexity index is 310. The predicted octanol–water partition coefficient (Wildman–Crippen LogP) is 2.25. The van der Waals surface area contributed by atoms with Crippen LogP contribution in [0.3, 0.4) is 0 Å². The van der Waals surface area contributed by atoms with Gasteiger partial charge in [0.05, 0.1) is 7.11 Å². The molecule has 0 bridgehead atoms. The summed E-state index contributed by atoms with van der Waals surface area (Å²) in [7, 11) is 1.19. The zero-order chi connectivity index (χ0) is 10.1. The number of hydrogen-bond acceptors (Lipinski definition) is 2. The summed E-state index contributed by atoms with van der Waals surface area (Å²) >= 11 is 0. The van der Waals surface area contributed by atoms with Gasteiger partial charge in [0.1, 0.15) is 11.4 Å². The lowest BCUT2D eigenvalue weighted by Gasteiger charge is -2.07. The Balaban J connectivity index is 3.13. The van der Waals surface area contributed by atoms with Crippen LogP contribution in [0.2, 0.25) is 0 Å². The third-order valence-corrected chi connectivity index (χ3v) is 1.34. The second-order valence-corrected chi connectivity index (χ2v) is 2.20. The third kappa shape index (κ3) is 2.07. The summed E-state index contributed by atoms with van der Waals surface area (Å²) in [6, 6.07) is 0.586. The van der Waals surface area contributed by atoms with Crippen LogP contribution >= 0.6 is 0 Å². The molecule has 0 N–H and O–H groups in total. The van der Waals surface area contributed by atoms with Gasteiger partial charge in [-0.1, -0.05) is 0 Å². The number of pyridine rings is 1. The van der Waals surface area contributed by atoms with Gasteiger partial charge in [-0.15, -0.1) is 0 Å². The maximum Gasteiger partial charge on any atom is 0.420 e. The molecule has 0 aliphatic rings. The van der Waals surface area contributed by atoms with E-state index in [4.69, 9.17) is 0 Å². The minimum absolute atomic E-state index is 0.189. The summed E-state index contributed by atoms with van der Waals surface area (Å²) in [5.41, 5.74) is -1.40. The van der Waals surface area contributed by atoms with Crippen LogP contribution in [0.4, 0.5) is 17.6 Å². The number of aromatic nitrogens is 1. The zero-order valence-electron chi connectivity index (χ0n) is 6.52. The molecule has 0 fully saturated rings. The van der Waals surface area contributed by atoms with E-state index in [0.717, 1.165) is 0 Å². The van der Waals surface area contributed by atoms with Crippen LogP contribution in [0.1, 0.15) is 5.56 Å². The number of methoxy groups -OCH3 is 1. The number of alkyl halides is 3. The standard InChI is InChI=1S/C7H5F4NO/c1-13-6-2-5(8)4(3-12-6)7(9,10)11/h2-3H,1H3. The highest BCUT2D eigenvalue weighted by Gasteiger charge is 2.34. The molecule has 0 atom stereocenters. The molecule has 0 unspecified atom stereocenters. The Labute approximate surface area is 71.2 Å². The summed E-state index contributed by atoms with van der Waals surface area (Å²) in [6.45, 7) is 0. The smallest absolute Gasteiger partial charge is 0.420 e. The second kappa shape index (κ2) is 3.20. The lowest BCUT2D eigenvalue weighted by atomic mass is 10.2. The van der Waals surface area contributed by atoms with E-state index in [9.17, 15) is 17.6 Å². The van der Waals surface area contributed by atoms with E-state index >= 15 is 0 Å². The first-order chi connectivity index (χ1) is 5.95. The van der Waals surface area contributed by atoms with Gasteiger partial charge in [-0.25, -0.2) is 9.37 Å². The van der Waals surface area contributed by atoms with Crippen molar-refractivity contribution < 1.29 is 22.3 Å². The van der Waals surface area contributed by atoms with Gasteiger partial charge in [0, 0.05) is 12.3 Å². The van der Waals surface area contributed by atoms with E-state index in [0.29, 0.717) is 12.3 Å². The number of ether oxygens (including phenoxy) is 1. The summed E-state index contributed by atoms with van der Waals surface area (Å²) in [5, 5.41) is 0. The van der Waals surface area contributed by atoms with Gasteiger partial charge in [-0.05, 0) is 0 Å². The van der Waals surface area contributed by atoms with Crippen LogP contribution in [0.25, 0.3) is 0 Å². The molecule has 1 rings (SSSR count). The van der Waals surface area contributed by atoms with Crippen molar-refractivity contribution in [1.29, 1.82) is 0 Å². The number of hydrogen-bond donors (Lipinski definition) is 0. The molecule has 1 aromatic heterocycles. The Morgan fingerprint density at radius 2 is 2.00 bits per heavy atom. The van der Waals surface area contributed by atoms with E-state index in [1.54, 1.807) is 0 Å². The summed E-state index contributed by atoms with van der Waals surface area (Å²) in [4.78, 5) is 3.24. The monoisotopic (exact) mass is 195 g/mol. The highest BCUT2D eigenvalue weighted by molar-refractivity contribution is 5.22. The molecule has 0 spiro atoms. The molecule has 1 heterocycles. The van der Waals surface area contributed by atoms with E-state index in [2.05, 4.69) is 9.72 Å². The van der Waals surface area contributed by atoms with Crippen LogP contribution in [-0.4, -0.2) is 12.1 Å². The summed E-state index contributed by atoms with van der Waals surface area (Å²) in [6.07, 6.45) is -4.32. The number of rotatable bonds is 1. The molecule has 72 valence electrons. The maximum absolute atomic E-state index is 12.7. The fourth-order valence-electron chi connectivity index (χ4n) is 0.733. The van der Waals surface area contributed by atoms with Crippen molar-refractivity contribution in [3.05, 3.63) is 23.6 Å². The highest BCUT2D eigenvalue weighted by Crippen LogP contribution is 2.31. The predicted molar refractivity (Wildman–Crippen MR) is 35.7 cm³/mol. The molecule has 0 saturated carbocycles. The van der Waals surface area contributed by atoms with E-state index < -0.39 is 17.6 Å². The lowest BCUT2D eigenvalue weighted by molar-refractivity contribution is -0.140.